The van der Waals surface area contributed by atoms with Crippen LogP contribution in [0.25, 0.3) is 0 Å². The molecule has 0 aliphatic heterocycles. The number of carbonyl (C=O) groups is 2. The molecule has 1 aliphatic rings. The van der Waals surface area contributed by atoms with Crippen LogP contribution in [0.5, 0.6) is 11.5 Å². The van der Waals surface area contributed by atoms with Gasteiger partial charge in [0.05, 0.1) is 7.11 Å². The average molecular weight is 497 g/mol. The fourth-order valence-corrected chi connectivity index (χ4v) is 4.99. The van der Waals surface area contributed by atoms with Crippen molar-refractivity contribution < 1.29 is 28.5 Å². The molecule has 0 heterocycles. The number of rotatable bonds is 12. The van der Waals surface area contributed by atoms with Crippen molar-refractivity contribution in [1.82, 2.24) is 10.6 Å². The molecule has 1 aromatic rings. The number of thioether (sulfide) groups is 1. The summed E-state index contributed by atoms with van der Waals surface area (Å²) < 4.78 is 21.2. The molecular weight excluding hydrogens is 456 g/mol. The van der Waals surface area contributed by atoms with Gasteiger partial charge in [-0.25, -0.2) is 4.79 Å². The lowest BCUT2D eigenvalue weighted by Gasteiger charge is -2.24. The number of benzene rings is 1. The molecule has 0 bridgehead atoms. The Morgan fingerprint density at radius 2 is 1.85 bits per heavy atom. The van der Waals surface area contributed by atoms with Crippen molar-refractivity contribution in [3.8, 4) is 11.5 Å². The second-order valence-corrected chi connectivity index (χ2v) is 10.6. The molecule has 0 saturated heterocycles. The molecular formula is C25H40N2O6S. The molecule has 192 valence electrons. The van der Waals surface area contributed by atoms with E-state index in [2.05, 4.69) is 10.6 Å². The van der Waals surface area contributed by atoms with Crippen LogP contribution in [-0.2, 0) is 20.8 Å². The van der Waals surface area contributed by atoms with Crippen LogP contribution in [0.15, 0.2) is 18.2 Å². The zero-order valence-corrected chi connectivity index (χ0v) is 21.9. The van der Waals surface area contributed by atoms with Crippen LogP contribution in [0.1, 0.15) is 58.4 Å². The summed E-state index contributed by atoms with van der Waals surface area (Å²) in [5.74, 6) is 3.04. The van der Waals surface area contributed by atoms with Gasteiger partial charge in [-0.15, -0.1) is 0 Å². The largest absolute Gasteiger partial charge is 0.493 e. The van der Waals surface area contributed by atoms with Gasteiger partial charge in [0, 0.05) is 19.4 Å². The van der Waals surface area contributed by atoms with E-state index in [9.17, 15) is 9.59 Å². The number of amides is 2. The van der Waals surface area contributed by atoms with E-state index in [-0.39, 0.29) is 19.2 Å². The van der Waals surface area contributed by atoms with E-state index >= 15 is 0 Å². The molecule has 0 radical (unpaired) electrons. The lowest BCUT2D eigenvalue weighted by molar-refractivity contribution is -0.122. The van der Waals surface area contributed by atoms with Crippen molar-refractivity contribution >= 4 is 23.8 Å². The summed E-state index contributed by atoms with van der Waals surface area (Å²) in [7, 11) is 3.11. The third kappa shape index (κ3) is 10.4. The van der Waals surface area contributed by atoms with Gasteiger partial charge >= 0.3 is 6.09 Å². The molecule has 0 aromatic heterocycles. The Bertz CT molecular complexity index is 777. The van der Waals surface area contributed by atoms with Gasteiger partial charge in [0.25, 0.3) is 0 Å². The third-order valence-corrected chi connectivity index (χ3v) is 6.67. The third-order valence-electron chi connectivity index (χ3n) is 5.40. The van der Waals surface area contributed by atoms with Gasteiger partial charge in [0.15, 0.2) is 18.3 Å². The highest BCUT2D eigenvalue weighted by Gasteiger charge is 2.25. The highest BCUT2D eigenvalue weighted by atomic mass is 32.2. The van der Waals surface area contributed by atoms with Crippen molar-refractivity contribution in [2.45, 2.75) is 71.1 Å². The average Bonchev–Trinajstić information content (AvgIpc) is 2.80. The van der Waals surface area contributed by atoms with Crippen LogP contribution in [0.4, 0.5) is 4.79 Å². The molecule has 1 aromatic carbocycles. The normalized spacial score (nSPS) is 15.3. The second-order valence-electron chi connectivity index (χ2n) is 9.49. The monoisotopic (exact) mass is 496 g/mol. The molecule has 2 amide bonds. The zero-order chi connectivity index (χ0) is 25.0. The molecule has 1 fully saturated rings. The van der Waals surface area contributed by atoms with Crippen LogP contribution < -0.4 is 20.1 Å². The summed E-state index contributed by atoms with van der Waals surface area (Å²) in [5.41, 5.74) is 0.202. The van der Waals surface area contributed by atoms with Crippen LogP contribution in [0, 0.1) is 5.92 Å². The second kappa shape index (κ2) is 14.3. The Morgan fingerprint density at radius 1 is 1.12 bits per heavy atom. The van der Waals surface area contributed by atoms with Gasteiger partial charge in [-0.2, -0.15) is 11.8 Å². The first-order chi connectivity index (χ1) is 16.2. The first-order valence-corrected chi connectivity index (χ1v) is 13.0. The summed E-state index contributed by atoms with van der Waals surface area (Å²) in [4.78, 5) is 25.4. The molecule has 1 saturated carbocycles. The Balaban J connectivity index is 1.97. The number of nitrogens with one attached hydrogen (secondary N) is 2. The van der Waals surface area contributed by atoms with E-state index in [1.807, 2.05) is 6.07 Å². The fraction of sp³-hybridized carbons (Fsp3) is 0.680. The van der Waals surface area contributed by atoms with Gasteiger partial charge in [0.2, 0.25) is 5.91 Å². The Morgan fingerprint density at radius 3 is 2.50 bits per heavy atom. The molecule has 1 aliphatic carbocycles. The van der Waals surface area contributed by atoms with Crippen LogP contribution in [0.2, 0.25) is 0 Å². The van der Waals surface area contributed by atoms with Crippen LogP contribution in [-0.4, -0.2) is 56.2 Å². The molecule has 34 heavy (non-hydrogen) atoms. The van der Waals surface area contributed by atoms with Crippen LogP contribution >= 0.6 is 11.8 Å². The molecule has 8 nitrogen and oxygen atoms in total. The summed E-state index contributed by atoms with van der Waals surface area (Å²) in [6.07, 6.45) is 5.77. The highest BCUT2D eigenvalue weighted by Crippen LogP contribution is 2.28. The molecule has 9 heteroatoms. The van der Waals surface area contributed by atoms with Gasteiger partial charge in [0.1, 0.15) is 11.6 Å². The van der Waals surface area contributed by atoms with E-state index in [0.717, 1.165) is 11.3 Å². The van der Waals surface area contributed by atoms with Crippen molar-refractivity contribution in [1.29, 1.82) is 0 Å². The van der Waals surface area contributed by atoms with Gasteiger partial charge < -0.3 is 29.6 Å². The van der Waals surface area contributed by atoms with Crippen molar-refractivity contribution in [2.24, 2.45) is 5.92 Å². The van der Waals surface area contributed by atoms with E-state index in [1.54, 1.807) is 58.9 Å². The Labute approximate surface area is 207 Å². The molecule has 0 spiro atoms. The lowest BCUT2D eigenvalue weighted by atomic mass is 9.91. The SMILES string of the molecule is COCOc1cc(CNC(=O)[C@H](CSCC2CCCCC2)NC(=O)OC(C)(C)C)ccc1OC. The smallest absolute Gasteiger partial charge is 0.408 e. The topological polar surface area (TPSA) is 95.1 Å². The maximum absolute atomic E-state index is 13.0. The predicted molar refractivity (Wildman–Crippen MR) is 134 cm³/mol. The summed E-state index contributed by atoms with van der Waals surface area (Å²) >= 11 is 1.71. The number of alkyl carbamates (subject to hydrolysis) is 1. The first kappa shape index (κ1) is 28.1. The van der Waals surface area contributed by atoms with E-state index in [0.29, 0.717) is 23.2 Å². The van der Waals surface area contributed by atoms with Gasteiger partial charge in [-0.05, 0) is 63.0 Å². The fourth-order valence-electron chi connectivity index (χ4n) is 3.72. The minimum atomic E-state index is -0.689. The maximum Gasteiger partial charge on any atom is 0.408 e. The molecule has 2 N–H and O–H groups in total. The van der Waals surface area contributed by atoms with Crippen molar-refractivity contribution in [2.75, 3.05) is 32.5 Å². The Kier molecular flexibility index (Phi) is 11.8. The summed E-state index contributed by atoms with van der Waals surface area (Å²) in [6.45, 7) is 5.77. The summed E-state index contributed by atoms with van der Waals surface area (Å²) in [6, 6.07) is 4.74. The highest BCUT2D eigenvalue weighted by molar-refractivity contribution is 7.99. The standard InChI is InChI=1S/C25H40N2O6S/c1-25(2,3)33-24(29)27-20(16-34-15-18-9-7-6-8-10-18)23(28)26-14-19-11-12-21(31-5)22(13-19)32-17-30-4/h11-13,18,20H,6-10,14-17H2,1-5H3,(H,26,28)(H,27,29)/t20-/m0/s1. The predicted octanol–water partition coefficient (Wildman–Crippen LogP) is 4.50. The van der Waals surface area contributed by atoms with Crippen molar-refractivity contribution in [3.63, 3.8) is 0 Å². The molecule has 0 unspecified atom stereocenters. The van der Waals surface area contributed by atoms with E-state index in [1.165, 1.54) is 32.1 Å². The number of hydrogen-bond acceptors (Lipinski definition) is 7. The lowest BCUT2D eigenvalue weighted by Crippen LogP contribution is -2.49. The van der Waals surface area contributed by atoms with Crippen LogP contribution in [0.3, 0.4) is 0 Å². The van der Waals surface area contributed by atoms with Gasteiger partial charge in [-0.3, -0.25) is 4.79 Å². The summed E-state index contributed by atoms with van der Waals surface area (Å²) in [5, 5.41) is 5.68. The number of carbonyl (C=O) groups excluding carboxylic acids is 2. The zero-order valence-electron chi connectivity index (χ0n) is 21.1. The number of hydrogen-bond donors (Lipinski definition) is 2. The quantitative estimate of drug-likeness (QED) is 0.411. The Hall–Kier alpha value is -2.13. The van der Waals surface area contributed by atoms with Gasteiger partial charge in [-0.1, -0.05) is 25.3 Å². The molecule has 2 rings (SSSR count). The van der Waals surface area contributed by atoms with E-state index < -0.39 is 17.7 Å². The first-order valence-electron chi connectivity index (χ1n) is 11.9. The molecule has 1 atom stereocenters. The minimum Gasteiger partial charge on any atom is -0.493 e. The van der Waals surface area contributed by atoms with Crippen molar-refractivity contribution in [3.05, 3.63) is 23.8 Å². The minimum absolute atomic E-state index is 0.0896. The number of ether oxygens (including phenoxy) is 4. The van der Waals surface area contributed by atoms with E-state index in [4.69, 9.17) is 18.9 Å². The maximum atomic E-state index is 13.0. The number of methoxy groups -OCH3 is 2.